The van der Waals surface area contributed by atoms with Crippen LogP contribution in [-0.2, 0) is 0 Å². The second-order valence-corrected chi connectivity index (χ2v) is 4.39. The third kappa shape index (κ3) is 2.05. The minimum Gasteiger partial charge on any atom is -0.478 e. The van der Waals surface area contributed by atoms with Crippen LogP contribution in [0.3, 0.4) is 0 Å². The molecule has 3 N–H and O–H groups in total. The molecule has 92 valence electrons. The fourth-order valence-electron chi connectivity index (χ4n) is 2.00. The highest BCUT2D eigenvalue weighted by atomic mass is 19.1. The highest BCUT2D eigenvalue weighted by Gasteiger charge is 2.25. The summed E-state index contributed by atoms with van der Waals surface area (Å²) in [5.74, 6) is -1.60. The van der Waals surface area contributed by atoms with Crippen molar-refractivity contribution in [1.29, 1.82) is 0 Å². The number of nitrogens with two attached hydrogens (primary N) is 1. The van der Waals surface area contributed by atoms with Gasteiger partial charge in [0.25, 0.3) is 0 Å². The molecule has 0 radical (unpaired) electrons. The Hall–Kier alpha value is -1.78. The third-order valence-corrected chi connectivity index (χ3v) is 3.35. The van der Waals surface area contributed by atoms with Crippen molar-refractivity contribution in [3.63, 3.8) is 0 Å². The van der Waals surface area contributed by atoms with E-state index in [1.807, 2.05) is 0 Å². The molecule has 4 nitrogen and oxygen atoms in total. The average Bonchev–Trinajstić information content (AvgIpc) is 2.13. The summed E-state index contributed by atoms with van der Waals surface area (Å²) in [7, 11) is 1.78. The molecule has 5 heteroatoms. The van der Waals surface area contributed by atoms with Crippen molar-refractivity contribution in [2.75, 3.05) is 17.7 Å². The fraction of sp³-hybridized carbons (Fsp3) is 0.417. The third-order valence-electron chi connectivity index (χ3n) is 3.35. The molecule has 0 aromatic heterocycles. The van der Waals surface area contributed by atoms with Gasteiger partial charge in [0.1, 0.15) is 5.82 Å². The maximum absolute atomic E-state index is 13.8. The van der Waals surface area contributed by atoms with E-state index in [0.717, 1.165) is 25.3 Å². The van der Waals surface area contributed by atoms with Crippen LogP contribution in [0.25, 0.3) is 0 Å². The van der Waals surface area contributed by atoms with Crippen molar-refractivity contribution in [3.8, 4) is 0 Å². The standard InChI is InChI=1S/C12H15FN2O2/c1-15(7-3-2-4-7)11-5-8(12(16)17)10(14)6-9(11)13/h5-7H,2-4,14H2,1H3,(H,16,17). The molecule has 1 aromatic rings. The van der Waals surface area contributed by atoms with Crippen molar-refractivity contribution in [2.45, 2.75) is 25.3 Å². The number of nitrogens with zero attached hydrogens (tertiary/aromatic N) is 1. The number of aromatic carboxylic acids is 1. The number of benzene rings is 1. The summed E-state index contributed by atoms with van der Waals surface area (Å²) in [4.78, 5) is 12.7. The van der Waals surface area contributed by atoms with Gasteiger partial charge >= 0.3 is 5.97 Å². The lowest BCUT2D eigenvalue weighted by Crippen LogP contribution is -2.37. The molecule has 0 aliphatic heterocycles. The van der Waals surface area contributed by atoms with Crippen LogP contribution < -0.4 is 10.6 Å². The molecule has 1 aliphatic carbocycles. The van der Waals surface area contributed by atoms with E-state index in [4.69, 9.17) is 10.8 Å². The number of halogens is 1. The van der Waals surface area contributed by atoms with Gasteiger partial charge in [-0.05, 0) is 31.4 Å². The number of nitrogen functional groups attached to an aromatic ring is 1. The topological polar surface area (TPSA) is 66.6 Å². The monoisotopic (exact) mass is 238 g/mol. The molecule has 0 amide bonds. The smallest absolute Gasteiger partial charge is 0.337 e. The summed E-state index contributed by atoms with van der Waals surface area (Å²) < 4.78 is 13.8. The lowest BCUT2D eigenvalue weighted by Gasteiger charge is -2.36. The molecular weight excluding hydrogens is 223 g/mol. The molecule has 0 heterocycles. The Labute approximate surface area is 98.8 Å². The molecule has 0 unspecified atom stereocenters. The van der Waals surface area contributed by atoms with Gasteiger partial charge in [-0.1, -0.05) is 0 Å². The number of rotatable bonds is 3. The molecule has 0 atom stereocenters. The Morgan fingerprint density at radius 3 is 2.65 bits per heavy atom. The summed E-state index contributed by atoms with van der Waals surface area (Å²) >= 11 is 0. The predicted molar refractivity (Wildman–Crippen MR) is 63.8 cm³/mol. The van der Waals surface area contributed by atoms with E-state index in [1.54, 1.807) is 11.9 Å². The number of hydrogen-bond acceptors (Lipinski definition) is 3. The van der Waals surface area contributed by atoms with Gasteiger partial charge in [0.2, 0.25) is 0 Å². The second kappa shape index (κ2) is 4.24. The fourth-order valence-corrected chi connectivity index (χ4v) is 2.00. The van der Waals surface area contributed by atoms with Crippen molar-refractivity contribution in [3.05, 3.63) is 23.5 Å². The highest BCUT2D eigenvalue weighted by molar-refractivity contribution is 5.95. The second-order valence-electron chi connectivity index (χ2n) is 4.39. The van der Waals surface area contributed by atoms with Crippen LogP contribution in [-0.4, -0.2) is 24.2 Å². The van der Waals surface area contributed by atoms with Gasteiger partial charge in [-0.2, -0.15) is 0 Å². The number of carboxylic acid groups (broad SMARTS) is 1. The zero-order valence-corrected chi connectivity index (χ0v) is 9.61. The lowest BCUT2D eigenvalue weighted by molar-refractivity contribution is 0.0698. The lowest BCUT2D eigenvalue weighted by atomic mass is 9.91. The molecule has 0 saturated heterocycles. The summed E-state index contributed by atoms with van der Waals surface area (Å²) in [6.45, 7) is 0. The van der Waals surface area contributed by atoms with Crippen LogP contribution in [0.5, 0.6) is 0 Å². The molecule has 0 spiro atoms. The Balaban J connectivity index is 2.38. The number of carbonyl (C=O) groups is 1. The summed E-state index contributed by atoms with van der Waals surface area (Å²) in [6, 6.07) is 2.69. The summed E-state index contributed by atoms with van der Waals surface area (Å²) in [5, 5.41) is 8.95. The summed E-state index contributed by atoms with van der Waals surface area (Å²) in [6.07, 6.45) is 3.17. The number of hydrogen-bond donors (Lipinski definition) is 2. The maximum Gasteiger partial charge on any atom is 0.337 e. The van der Waals surface area contributed by atoms with E-state index in [9.17, 15) is 9.18 Å². The van der Waals surface area contributed by atoms with E-state index >= 15 is 0 Å². The van der Waals surface area contributed by atoms with Gasteiger partial charge in [0.15, 0.2) is 0 Å². The molecular formula is C12H15FN2O2. The van der Waals surface area contributed by atoms with Crippen LogP contribution in [0.4, 0.5) is 15.8 Å². The van der Waals surface area contributed by atoms with E-state index < -0.39 is 11.8 Å². The van der Waals surface area contributed by atoms with E-state index in [0.29, 0.717) is 11.7 Å². The van der Waals surface area contributed by atoms with Gasteiger partial charge in [-0.25, -0.2) is 9.18 Å². The molecule has 1 fully saturated rings. The van der Waals surface area contributed by atoms with Crippen LogP contribution in [0.15, 0.2) is 12.1 Å². The quantitative estimate of drug-likeness (QED) is 0.791. The largest absolute Gasteiger partial charge is 0.478 e. The van der Waals surface area contributed by atoms with E-state index in [1.165, 1.54) is 6.07 Å². The molecule has 1 aromatic carbocycles. The zero-order valence-electron chi connectivity index (χ0n) is 9.61. The van der Waals surface area contributed by atoms with E-state index in [2.05, 4.69) is 0 Å². The first-order chi connectivity index (χ1) is 8.00. The first-order valence-electron chi connectivity index (χ1n) is 5.56. The van der Waals surface area contributed by atoms with Gasteiger partial charge < -0.3 is 15.7 Å². The summed E-state index contributed by atoms with van der Waals surface area (Å²) in [5.41, 5.74) is 5.69. The van der Waals surface area contributed by atoms with Crippen LogP contribution in [0.2, 0.25) is 0 Å². The van der Waals surface area contributed by atoms with Gasteiger partial charge in [-0.3, -0.25) is 0 Å². The van der Waals surface area contributed by atoms with Crippen molar-refractivity contribution in [2.24, 2.45) is 0 Å². The normalized spacial score (nSPS) is 15.4. The van der Waals surface area contributed by atoms with Gasteiger partial charge in [-0.15, -0.1) is 0 Å². The number of anilines is 2. The Kier molecular flexibility index (Phi) is 2.92. The molecule has 17 heavy (non-hydrogen) atoms. The van der Waals surface area contributed by atoms with Crippen LogP contribution >= 0.6 is 0 Å². The molecule has 1 aliphatic rings. The van der Waals surface area contributed by atoms with E-state index in [-0.39, 0.29) is 11.3 Å². The maximum atomic E-state index is 13.8. The Morgan fingerprint density at radius 2 is 2.18 bits per heavy atom. The molecule has 1 saturated carbocycles. The molecule has 0 bridgehead atoms. The molecule has 2 rings (SSSR count). The minimum atomic E-state index is -1.13. The number of carboxylic acids is 1. The minimum absolute atomic E-state index is 0.0410. The SMILES string of the molecule is CN(c1cc(C(=O)O)c(N)cc1F)C1CCC1. The van der Waals surface area contributed by atoms with Crippen molar-refractivity contribution >= 4 is 17.3 Å². The zero-order chi connectivity index (χ0) is 12.6. The van der Waals surface area contributed by atoms with Crippen molar-refractivity contribution < 1.29 is 14.3 Å². The van der Waals surface area contributed by atoms with Crippen LogP contribution in [0, 0.1) is 5.82 Å². The van der Waals surface area contributed by atoms with Crippen LogP contribution in [0.1, 0.15) is 29.6 Å². The van der Waals surface area contributed by atoms with Crippen molar-refractivity contribution in [1.82, 2.24) is 0 Å². The average molecular weight is 238 g/mol. The first-order valence-corrected chi connectivity index (χ1v) is 5.56. The Bertz CT molecular complexity index is 458. The van der Waals surface area contributed by atoms with Gasteiger partial charge in [0.05, 0.1) is 11.3 Å². The highest BCUT2D eigenvalue weighted by Crippen LogP contribution is 2.32. The Morgan fingerprint density at radius 1 is 1.53 bits per heavy atom. The van der Waals surface area contributed by atoms with Gasteiger partial charge in [0, 0.05) is 18.8 Å². The first kappa shape index (κ1) is 11.7. The predicted octanol–water partition coefficient (Wildman–Crippen LogP) is 2.09.